The number of carbonyl (C=O) groups excluding carboxylic acids is 1. The van der Waals surface area contributed by atoms with Gasteiger partial charge in [-0.05, 0) is 83.5 Å². The summed E-state index contributed by atoms with van der Waals surface area (Å²) in [6.07, 6.45) is 59.3. The van der Waals surface area contributed by atoms with Gasteiger partial charge in [0.05, 0.1) is 19.8 Å². The fourth-order valence-electron chi connectivity index (χ4n) is 8.87. The fourth-order valence-corrected chi connectivity index (χ4v) is 9.38. The van der Waals surface area contributed by atoms with Crippen molar-refractivity contribution in [2.24, 2.45) is 0 Å². The molecule has 0 aromatic rings. The molecule has 0 aromatic heterocycles. The van der Waals surface area contributed by atoms with Crippen LogP contribution in [-0.4, -0.2) is 97.5 Å². The molecule has 0 aliphatic carbocycles. The van der Waals surface area contributed by atoms with Crippen LogP contribution in [-0.2, 0) is 38.3 Å². The highest BCUT2D eigenvalue weighted by Crippen LogP contribution is 2.26. The lowest BCUT2D eigenvalue weighted by atomic mass is 9.99. The van der Waals surface area contributed by atoms with E-state index in [1.807, 2.05) is 0 Å². The molecule has 1 heterocycles. The van der Waals surface area contributed by atoms with Gasteiger partial charge in [0.25, 0.3) is 0 Å². The first kappa shape index (κ1) is 69.6. The van der Waals surface area contributed by atoms with E-state index in [9.17, 15) is 33.1 Å². The fraction of sp³-hybridized carbons (Fsp3) is 0.787. The van der Waals surface area contributed by atoms with Crippen LogP contribution in [0.4, 0.5) is 0 Å². The van der Waals surface area contributed by atoms with E-state index in [4.69, 9.17) is 18.9 Å². The van der Waals surface area contributed by atoms with E-state index < -0.39 is 59.8 Å². The highest BCUT2D eigenvalue weighted by Gasteiger charge is 2.48. The minimum absolute atomic E-state index is 0.0314. The van der Waals surface area contributed by atoms with Crippen molar-refractivity contribution in [3.63, 3.8) is 0 Å². The van der Waals surface area contributed by atoms with Crippen molar-refractivity contribution < 1.29 is 56.2 Å². The Morgan fingerprint density at radius 1 is 0.527 bits per heavy atom. The number of aliphatic hydroxyl groups is 3. The van der Waals surface area contributed by atoms with Gasteiger partial charge >= 0.3 is 16.4 Å². The average Bonchev–Trinajstić information content (AvgIpc) is 3.38. The summed E-state index contributed by atoms with van der Waals surface area (Å²) in [5.74, 6) is -0.402. The van der Waals surface area contributed by atoms with Gasteiger partial charge in [0.1, 0.15) is 30.5 Å². The van der Waals surface area contributed by atoms with Crippen molar-refractivity contribution in [3.8, 4) is 0 Å². The first-order chi connectivity index (χ1) is 36.1. The van der Waals surface area contributed by atoms with Gasteiger partial charge in [0.15, 0.2) is 6.29 Å². The number of esters is 1. The maximum atomic E-state index is 13.0. The predicted octanol–water partition coefficient (Wildman–Crippen LogP) is 15.0. The van der Waals surface area contributed by atoms with E-state index in [1.54, 1.807) is 0 Å². The molecule has 0 saturated carbocycles. The highest BCUT2D eigenvalue weighted by molar-refractivity contribution is 7.80. The second-order valence-electron chi connectivity index (χ2n) is 20.2. The molecule has 1 aliphatic heterocycles. The molecule has 0 aromatic carbocycles. The largest absolute Gasteiger partial charge is 0.457 e. The van der Waals surface area contributed by atoms with Crippen LogP contribution in [0.1, 0.15) is 245 Å². The zero-order valence-electron chi connectivity index (χ0n) is 46.6. The van der Waals surface area contributed by atoms with Crippen LogP contribution >= 0.6 is 0 Å². The van der Waals surface area contributed by atoms with Gasteiger partial charge in [-0.25, -0.2) is 4.18 Å². The summed E-state index contributed by atoms with van der Waals surface area (Å²) in [4.78, 5) is 13.0. The number of carbonyl (C=O) groups is 1. The highest BCUT2D eigenvalue weighted by atomic mass is 32.3. The Morgan fingerprint density at radius 3 is 1.36 bits per heavy atom. The Labute approximate surface area is 451 Å². The summed E-state index contributed by atoms with van der Waals surface area (Å²) in [5, 5.41) is 30.9. The Morgan fingerprint density at radius 2 is 0.932 bits per heavy atom. The minimum Gasteiger partial charge on any atom is -0.457 e. The lowest BCUT2D eigenvalue weighted by Crippen LogP contribution is -2.60. The average molecular weight is 1070 g/mol. The molecule has 6 atom stereocenters. The standard InChI is InChI=1S/C61H108O12S/c1-3-5-7-9-11-13-15-17-19-21-23-25-27-28-29-30-32-34-36-38-40-42-44-46-48-50-57(63)71-55(54-70-61-59(65)60(73-74(66,67)68)58(64)56(52-62)72-61)53-69-51-49-47-45-43-41-39-37-35-33-31-26-24-22-20-18-16-14-12-10-8-6-4-2/h5,7,11,13,16-19,22-25,55-56,58-62,64-65H,3-4,6,8-10,12,14-15,20-21,26-54H2,1-2H3,(H,66,67,68)/b7-5-,13-11-,18-16-,19-17-,24-22-,25-23-. The second-order valence-corrected chi connectivity index (χ2v) is 21.3. The van der Waals surface area contributed by atoms with Crippen molar-refractivity contribution in [1.82, 2.24) is 0 Å². The molecule has 430 valence electrons. The monoisotopic (exact) mass is 1060 g/mol. The van der Waals surface area contributed by atoms with Crippen LogP contribution < -0.4 is 0 Å². The molecule has 12 nitrogen and oxygen atoms in total. The summed E-state index contributed by atoms with van der Waals surface area (Å²) in [7, 11) is -5.07. The molecule has 1 aliphatic rings. The van der Waals surface area contributed by atoms with Gasteiger partial charge < -0.3 is 34.3 Å². The smallest absolute Gasteiger partial charge is 0.397 e. The van der Waals surface area contributed by atoms with Crippen LogP contribution in [0.2, 0.25) is 0 Å². The molecular formula is C61H108O12S. The Balaban J connectivity index is 2.29. The van der Waals surface area contributed by atoms with Crippen LogP contribution in [0.15, 0.2) is 72.9 Å². The van der Waals surface area contributed by atoms with E-state index in [0.29, 0.717) is 13.0 Å². The number of ether oxygens (including phenoxy) is 4. The lowest BCUT2D eigenvalue weighted by molar-refractivity contribution is -0.301. The molecule has 1 rings (SSSR count). The molecular weight excluding hydrogens is 957 g/mol. The van der Waals surface area contributed by atoms with E-state index >= 15 is 0 Å². The number of allylic oxidation sites excluding steroid dienone is 12. The number of unbranched alkanes of at least 4 members (excludes halogenated alkanes) is 27. The molecule has 13 heteroatoms. The Hall–Kier alpha value is -2.46. The summed E-state index contributed by atoms with van der Waals surface area (Å²) < 4.78 is 59.5. The van der Waals surface area contributed by atoms with Crippen molar-refractivity contribution >= 4 is 16.4 Å². The van der Waals surface area contributed by atoms with Gasteiger partial charge in [-0.3, -0.25) is 9.35 Å². The number of hydrogen-bond acceptors (Lipinski definition) is 11. The summed E-state index contributed by atoms with van der Waals surface area (Å²) in [6, 6.07) is 0. The molecule has 0 spiro atoms. The van der Waals surface area contributed by atoms with Gasteiger partial charge in [-0.15, -0.1) is 0 Å². The number of hydrogen-bond donors (Lipinski definition) is 4. The second kappa shape index (κ2) is 51.3. The van der Waals surface area contributed by atoms with Crippen LogP contribution in [0.25, 0.3) is 0 Å². The van der Waals surface area contributed by atoms with Crippen LogP contribution in [0.3, 0.4) is 0 Å². The minimum atomic E-state index is -5.07. The number of aliphatic hydroxyl groups excluding tert-OH is 3. The predicted molar refractivity (Wildman–Crippen MR) is 303 cm³/mol. The Bertz CT molecular complexity index is 1560. The topological polar surface area (TPSA) is 178 Å². The molecule has 0 bridgehead atoms. The first-order valence-electron chi connectivity index (χ1n) is 29.7. The van der Waals surface area contributed by atoms with Gasteiger partial charge in [-0.2, -0.15) is 8.42 Å². The van der Waals surface area contributed by atoms with Crippen molar-refractivity contribution in [2.75, 3.05) is 26.4 Å². The number of rotatable bonds is 52. The SMILES string of the molecule is CC/C=C\C/C=C\C/C=C\C/C=C\CCCCCCCCCCCCCCC(=O)OC(COCCCCCCCCCCCC/C=C\C/C=C\CCCCCCC)COC1OC(CO)C(O)C(OS(=O)(=O)O)C1O. The van der Waals surface area contributed by atoms with E-state index in [0.717, 1.165) is 77.0 Å². The van der Waals surface area contributed by atoms with Crippen LogP contribution in [0, 0.1) is 0 Å². The molecule has 1 saturated heterocycles. The van der Waals surface area contributed by atoms with Gasteiger partial charge in [0, 0.05) is 13.0 Å². The van der Waals surface area contributed by atoms with Crippen molar-refractivity contribution in [1.29, 1.82) is 0 Å². The third-order valence-corrected chi connectivity index (χ3v) is 13.8. The van der Waals surface area contributed by atoms with E-state index in [2.05, 4.69) is 90.9 Å². The summed E-state index contributed by atoms with van der Waals surface area (Å²) in [5.41, 5.74) is 0. The normalized spacial score (nSPS) is 19.2. The first-order valence-corrected chi connectivity index (χ1v) is 31.1. The zero-order valence-corrected chi connectivity index (χ0v) is 47.5. The summed E-state index contributed by atoms with van der Waals surface area (Å²) in [6.45, 7) is 3.89. The lowest BCUT2D eigenvalue weighted by Gasteiger charge is -2.41. The van der Waals surface area contributed by atoms with Crippen LogP contribution in [0.5, 0.6) is 0 Å². The van der Waals surface area contributed by atoms with E-state index in [-0.39, 0.29) is 19.6 Å². The Kier molecular flexibility index (Phi) is 48.2. The molecule has 0 radical (unpaired) electrons. The quantitative estimate of drug-likeness (QED) is 0.0196. The maximum Gasteiger partial charge on any atom is 0.397 e. The van der Waals surface area contributed by atoms with E-state index in [1.165, 1.54) is 141 Å². The third-order valence-electron chi connectivity index (χ3n) is 13.3. The third kappa shape index (κ3) is 43.6. The maximum absolute atomic E-state index is 13.0. The molecule has 6 unspecified atom stereocenters. The van der Waals surface area contributed by atoms with Gasteiger partial charge in [0.2, 0.25) is 0 Å². The van der Waals surface area contributed by atoms with Crippen molar-refractivity contribution in [2.45, 2.75) is 282 Å². The molecule has 74 heavy (non-hydrogen) atoms. The molecule has 1 fully saturated rings. The zero-order chi connectivity index (χ0) is 53.8. The molecule has 0 amide bonds. The molecule has 4 N–H and O–H groups in total. The van der Waals surface area contributed by atoms with Crippen molar-refractivity contribution in [3.05, 3.63) is 72.9 Å². The van der Waals surface area contributed by atoms with Gasteiger partial charge in [-0.1, -0.05) is 228 Å². The summed E-state index contributed by atoms with van der Waals surface area (Å²) >= 11 is 0.